The van der Waals surface area contributed by atoms with Gasteiger partial charge in [0.1, 0.15) is 0 Å². The molecule has 1 heterocycles. The van der Waals surface area contributed by atoms with Crippen molar-refractivity contribution in [2.75, 3.05) is 59.4 Å². The number of aliphatic imine (C=N–C) groups is 2. The third-order valence-corrected chi connectivity index (χ3v) is 7.58. The first kappa shape index (κ1) is 34.3. The van der Waals surface area contributed by atoms with Crippen LogP contribution in [0.3, 0.4) is 0 Å². The average molecular weight is 617 g/mol. The second-order valence-corrected chi connectivity index (χ2v) is 12.0. The minimum Gasteiger partial charge on any atom is -0.309 e. The van der Waals surface area contributed by atoms with Crippen molar-refractivity contribution in [3.05, 3.63) is 95.6 Å². The molecule has 0 bridgehead atoms. The van der Waals surface area contributed by atoms with Crippen LogP contribution >= 0.6 is 0 Å². The molecule has 0 aliphatic rings. The number of unbranched alkanes of at least 4 members (excludes halogenated alkanes) is 2. The molecule has 3 aromatic carbocycles. The summed E-state index contributed by atoms with van der Waals surface area (Å²) in [6.07, 6.45) is 8.35. The highest BCUT2D eigenvalue weighted by molar-refractivity contribution is 5.83. The Morgan fingerprint density at radius 1 is 0.652 bits per heavy atom. The third-order valence-electron chi connectivity index (χ3n) is 7.58. The standard InChI is InChI=1S/C38H48N8/c1-30-36(33-20-16-31(17-21-33)28-40-24-10-12-26-44(3)4)42-37(43-38(30)46(39-2)35-14-8-7-9-15-35)34-22-18-32(19-23-34)29-41-25-11-13-27-45(5)6/h7-9,14-23,28-29H,2,10-13,24-27H2,1,3-6H3. The molecule has 4 aromatic rings. The Hall–Kier alpha value is -4.53. The molecule has 0 spiro atoms. The van der Waals surface area contributed by atoms with E-state index in [1.54, 1.807) is 5.01 Å². The Morgan fingerprint density at radius 2 is 1.17 bits per heavy atom. The summed E-state index contributed by atoms with van der Waals surface area (Å²) in [4.78, 5) is 23.8. The van der Waals surface area contributed by atoms with Crippen LogP contribution in [-0.4, -0.2) is 93.3 Å². The highest BCUT2D eigenvalue weighted by Gasteiger charge is 2.19. The first-order valence-electron chi connectivity index (χ1n) is 16.1. The van der Waals surface area contributed by atoms with Crippen molar-refractivity contribution >= 4 is 30.7 Å². The smallest absolute Gasteiger partial charge is 0.162 e. The number of hydrogen-bond donors (Lipinski definition) is 0. The van der Waals surface area contributed by atoms with Crippen LogP contribution in [0.25, 0.3) is 22.6 Å². The fraction of sp³-hybridized carbons (Fsp3) is 0.342. The van der Waals surface area contributed by atoms with Crippen molar-refractivity contribution < 1.29 is 0 Å². The molecule has 0 radical (unpaired) electrons. The van der Waals surface area contributed by atoms with Crippen LogP contribution < -0.4 is 5.01 Å². The maximum Gasteiger partial charge on any atom is 0.162 e. The number of benzene rings is 3. The zero-order valence-electron chi connectivity index (χ0n) is 28.1. The first-order valence-corrected chi connectivity index (χ1v) is 16.1. The molecular formula is C38H48N8. The van der Waals surface area contributed by atoms with Crippen LogP contribution in [0.4, 0.5) is 11.5 Å². The molecule has 0 fully saturated rings. The van der Waals surface area contributed by atoms with Crippen LogP contribution in [0.15, 0.2) is 93.9 Å². The maximum absolute atomic E-state index is 5.09. The molecule has 8 heteroatoms. The van der Waals surface area contributed by atoms with Gasteiger partial charge in [-0.15, -0.1) is 0 Å². The van der Waals surface area contributed by atoms with Crippen molar-refractivity contribution in [1.29, 1.82) is 0 Å². The largest absolute Gasteiger partial charge is 0.309 e. The quantitative estimate of drug-likeness (QED) is 0.0703. The summed E-state index contributed by atoms with van der Waals surface area (Å²) in [6, 6.07) is 26.6. The zero-order chi connectivity index (χ0) is 32.7. The van der Waals surface area contributed by atoms with Gasteiger partial charge in [-0.05, 0) is 97.1 Å². The summed E-state index contributed by atoms with van der Waals surface area (Å²) >= 11 is 0. The molecule has 0 aliphatic carbocycles. The Labute approximate surface area is 275 Å². The Morgan fingerprint density at radius 3 is 1.67 bits per heavy atom. The highest BCUT2D eigenvalue weighted by atomic mass is 15.5. The molecule has 4 rings (SSSR count). The van der Waals surface area contributed by atoms with Gasteiger partial charge in [0.25, 0.3) is 0 Å². The van der Waals surface area contributed by atoms with E-state index in [-0.39, 0.29) is 0 Å². The molecule has 0 saturated carbocycles. The summed E-state index contributed by atoms with van der Waals surface area (Å²) in [5.41, 5.74) is 6.68. The number of hydrazone groups is 1. The molecule has 240 valence electrons. The SMILES string of the molecule is C=NN(c1ccccc1)c1nc(-c2ccc(C=NCCCCN(C)C)cc2)nc(-c2ccc(C=NCCCCN(C)C)cc2)c1C. The lowest BCUT2D eigenvalue weighted by molar-refractivity contribution is 0.396. The van der Waals surface area contributed by atoms with Gasteiger partial charge in [-0.2, -0.15) is 5.10 Å². The summed E-state index contributed by atoms with van der Waals surface area (Å²) < 4.78 is 0. The number of hydrogen-bond acceptors (Lipinski definition) is 8. The molecule has 0 atom stereocenters. The highest BCUT2D eigenvalue weighted by Crippen LogP contribution is 2.34. The minimum atomic E-state index is 0.621. The molecule has 0 N–H and O–H groups in total. The van der Waals surface area contributed by atoms with E-state index < -0.39 is 0 Å². The lowest BCUT2D eigenvalue weighted by Crippen LogP contribution is -2.13. The number of aromatic nitrogens is 2. The van der Waals surface area contributed by atoms with Gasteiger partial charge in [0.2, 0.25) is 0 Å². The molecule has 46 heavy (non-hydrogen) atoms. The van der Waals surface area contributed by atoms with Crippen molar-refractivity contribution in [2.45, 2.75) is 32.6 Å². The van der Waals surface area contributed by atoms with Gasteiger partial charge in [0, 0.05) is 48.9 Å². The van der Waals surface area contributed by atoms with E-state index in [1.165, 1.54) is 0 Å². The second kappa shape index (κ2) is 17.8. The van der Waals surface area contributed by atoms with Gasteiger partial charge in [0.05, 0.1) is 11.4 Å². The predicted octanol–water partition coefficient (Wildman–Crippen LogP) is 7.39. The molecular weight excluding hydrogens is 568 g/mol. The van der Waals surface area contributed by atoms with E-state index >= 15 is 0 Å². The third kappa shape index (κ3) is 10.3. The van der Waals surface area contributed by atoms with Gasteiger partial charge in [-0.25, -0.2) is 15.0 Å². The summed E-state index contributed by atoms with van der Waals surface area (Å²) in [6.45, 7) is 9.75. The van der Waals surface area contributed by atoms with Gasteiger partial charge in [-0.1, -0.05) is 66.7 Å². The zero-order valence-corrected chi connectivity index (χ0v) is 28.1. The van der Waals surface area contributed by atoms with E-state index in [0.29, 0.717) is 11.6 Å². The van der Waals surface area contributed by atoms with Crippen molar-refractivity contribution in [3.63, 3.8) is 0 Å². The minimum absolute atomic E-state index is 0.621. The maximum atomic E-state index is 5.09. The molecule has 0 saturated heterocycles. The van der Waals surface area contributed by atoms with E-state index in [9.17, 15) is 0 Å². The Bertz CT molecular complexity index is 1560. The fourth-order valence-electron chi connectivity index (χ4n) is 5.01. The van der Waals surface area contributed by atoms with E-state index in [1.807, 2.05) is 49.7 Å². The lowest BCUT2D eigenvalue weighted by atomic mass is 10.0. The second-order valence-electron chi connectivity index (χ2n) is 12.0. The Kier molecular flexibility index (Phi) is 13.3. The van der Waals surface area contributed by atoms with E-state index in [4.69, 9.17) is 9.97 Å². The fourth-order valence-corrected chi connectivity index (χ4v) is 5.01. The average Bonchev–Trinajstić information content (AvgIpc) is 3.06. The molecule has 0 amide bonds. The van der Waals surface area contributed by atoms with Crippen molar-refractivity contribution in [2.24, 2.45) is 15.1 Å². The van der Waals surface area contributed by atoms with Crippen LogP contribution in [0, 0.1) is 6.92 Å². The number of anilines is 2. The molecule has 0 unspecified atom stereocenters. The monoisotopic (exact) mass is 616 g/mol. The number of para-hydroxylation sites is 1. The van der Waals surface area contributed by atoms with E-state index in [0.717, 1.165) is 91.1 Å². The van der Waals surface area contributed by atoms with Crippen LogP contribution in [0.5, 0.6) is 0 Å². The summed E-state index contributed by atoms with van der Waals surface area (Å²) in [5, 5.41) is 6.15. The topological polar surface area (TPSA) is 72.6 Å². The molecule has 8 nitrogen and oxygen atoms in total. The van der Waals surface area contributed by atoms with Crippen molar-refractivity contribution in [1.82, 2.24) is 19.8 Å². The number of nitrogens with zero attached hydrogens (tertiary/aromatic N) is 8. The first-order chi connectivity index (χ1) is 22.4. The van der Waals surface area contributed by atoms with E-state index in [2.05, 4.69) is 108 Å². The van der Waals surface area contributed by atoms with Crippen LogP contribution in [-0.2, 0) is 0 Å². The van der Waals surface area contributed by atoms with Crippen molar-refractivity contribution in [3.8, 4) is 22.6 Å². The van der Waals surface area contributed by atoms with Gasteiger partial charge in [0.15, 0.2) is 11.6 Å². The van der Waals surface area contributed by atoms with Gasteiger partial charge in [-0.3, -0.25) is 9.98 Å². The van der Waals surface area contributed by atoms with Gasteiger partial charge < -0.3 is 9.80 Å². The normalized spacial score (nSPS) is 11.7. The van der Waals surface area contributed by atoms with Crippen LogP contribution in [0.2, 0.25) is 0 Å². The molecule has 0 aliphatic heterocycles. The molecule has 1 aromatic heterocycles. The summed E-state index contributed by atoms with van der Waals surface area (Å²) in [5.74, 6) is 1.31. The Balaban J connectivity index is 1.60. The summed E-state index contributed by atoms with van der Waals surface area (Å²) in [7, 11) is 8.41. The lowest BCUT2D eigenvalue weighted by Gasteiger charge is -2.22. The van der Waals surface area contributed by atoms with Gasteiger partial charge >= 0.3 is 0 Å². The predicted molar refractivity (Wildman–Crippen MR) is 196 cm³/mol. The number of rotatable bonds is 17. The van der Waals surface area contributed by atoms with Crippen LogP contribution in [0.1, 0.15) is 42.4 Å².